The van der Waals surface area contributed by atoms with Crippen molar-refractivity contribution in [3.05, 3.63) is 23.0 Å². The van der Waals surface area contributed by atoms with Gasteiger partial charge in [0.1, 0.15) is 11.4 Å². The predicted molar refractivity (Wildman–Crippen MR) is 78.8 cm³/mol. The van der Waals surface area contributed by atoms with Crippen LogP contribution >= 0.6 is 0 Å². The maximum Gasteiger partial charge on any atom is 0.170 e. The van der Waals surface area contributed by atoms with Gasteiger partial charge in [0.05, 0.1) is 19.2 Å². The second-order valence-corrected chi connectivity index (χ2v) is 5.46. The third-order valence-corrected chi connectivity index (χ3v) is 4.28. The largest absolute Gasteiger partial charge is 0.496 e. The zero-order chi connectivity index (χ0) is 15.5. The Bertz CT molecular complexity index is 521. The fraction of sp³-hybridized carbons (Fsp3) is 0.625. The number of rotatable bonds is 5. The number of ether oxygens (including phenoxy) is 3. The Hall–Kier alpha value is -1.46. The number of aryl methyl sites for hydroxylation is 1. The van der Waals surface area contributed by atoms with E-state index in [1.165, 1.54) is 0 Å². The summed E-state index contributed by atoms with van der Waals surface area (Å²) in [6.45, 7) is 5.00. The standard InChI is InChI=1S/C16H23NO4/c1-11-10-17-13(12(2)15(11)19-3)9-14(18)16(20-4)5-7-21-8-6-16/h10H,5-9H2,1-4H3. The summed E-state index contributed by atoms with van der Waals surface area (Å²) in [5.41, 5.74) is 1.91. The number of pyridine rings is 1. The second-order valence-electron chi connectivity index (χ2n) is 5.46. The molecule has 0 N–H and O–H groups in total. The monoisotopic (exact) mass is 293 g/mol. The first-order valence-corrected chi connectivity index (χ1v) is 7.19. The molecule has 0 radical (unpaired) electrons. The quantitative estimate of drug-likeness (QED) is 0.831. The molecule has 1 aliphatic rings. The Morgan fingerprint density at radius 1 is 1.33 bits per heavy atom. The molecule has 0 bridgehead atoms. The number of Topliss-reactive ketones (excluding diaryl/α,β-unsaturated/α-hetero) is 1. The van der Waals surface area contributed by atoms with Crippen molar-refractivity contribution in [2.75, 3.05) is 27.4 Å². The highest BCUT2D eigenvalue weighted by Crippen LogP contribution is 2.29. The van der Waals surface area contributed by atoms with Crippen molar-refractivity contribution in [1.82, 2.24) is 4.98 Å². The van der Waals surface area contributed by atoms with Gasteiger partial charge in [-0.15, -0.1) is 0 Å². The summed E-state index contributed by atoms with van der Waals surface area (Å²) in [6, 6.07) is 0. The molecule has 116 valence electrons. The Kier molecular flexibility index (Phi) is 4.96. The molecule has 0 amide bonds. The van der Waals surface area contributed by atoms with Gasteiger partial charge in [-0.25, -0.2) is 0 Å². The molecule has 0 unspecified atom stereocenters. The summed E-state index contributed by atoms with van der Waals surface area (Å²) < 4.78 is 16.3. The molecule has 0 spiro atoms. The van der Waals surface area contributed by atoms with E-state index in [-0.39, 0.29) is 12.2 Å². The van der Waals surface area contributed by atoms with E-state index in [9.17, 15) is 4.79 Å². The van der Waals surface area contributed by atoms with Crippen LogP contribution in [-0.2, 0) is 20.7 Å². The van der Waals surface area contributed by atoms with Crippen LogP contribution in [0.5, 0.6) is 5.75 Å². The van der Waals surface area contributed by atoms with Gasteiger partial charge < -0.3 is 14.2 Å². The average Bonchev–Trinajstić information content (AvgIpc) is 2.51. The Morgan fingerprint density at radius 3 is 2.57 bits per heavy atom. The summed E-state index contributed by atoms with van der Waals surface area (Å²) in [6.07, 6.45) is 3.21. The van der Waals surface area contributed by atoms with E-state index in [1.54, 1.807) is 20.4 Å². The number of ketones is 1. The first-order valence-electron chi connectivity index (χ1n) is 7.19. The van der Waals surface area contributed by atoms with Gasteiger partial charge in [-0.1, -0.05) is 0 Å². The summed E-state index contributed by atoms with van der Waals surface area (Å²) >= 11 is 0. The van der Waals surface area contributed by atoms with Gasteiger partial charge in [-0.2, -0.15) is 0 Å². The summed E-state index contributed by atoms with van der Waals surface area (Å²) in [7, 11) is 3.23. The van der Waals surface area contributed by atoms with Gasteiger partial charge in [0.25, 0.3) is 0 Å². The lowest BCUT2D eigenvalue weighted by Gasteiger charge is -2.34. The second kappa shape index (κ2) is 6.54. The molecule has 2 heterocycles. The summed E-state index contributed by atoms with van der Waals surface area (Å²) in [4.78, 5) is 17.1. The van der Waals surface area contributed by atoms with Crippen molar-refractivity contribution in [2.45, 2.75) is 38.7 Å². The van der Waals surface area contributed by atoms with Crippen LogP contribution in [0.2, 0.25) is 0 Å². The topological polar surface area (TPSA) is 57.7 Å². The highest BCUT2D eigenvalue weighted by molar-refractivity contribution is 5.89. The molecule has 1 fully saturated rings. The third kappa shape index (κ3) is 3.09. The van der Waals surface area contributed by atoms with E-state index < -0.39 is 5.60 Å². The Balaban J connectivity index is 2.23. The fourth-order valence-corrected chi connectivity index (χ4v) is 2.86. The SMILES string of the molecule is COc1c(C)cnc(CC(=O)C2(OC)CCOCC2)c1C. The highest BCUT2D eigenvalue weighted by atomic mass is 16.5. The molecule has 1 aliphatic heterocycles. The van der Waals surface area contributed by atoms with Crippen molar-refractivity contribution in [2.24, 2.45) is 0 Å². The number of carbonyl (C=O) groups is 1. The molecule has 0 aliphatic carbocycles. The van der Waals surface area contributed by atoms with Crippen LogP contribution in [0.15, 0.2) is 6.20 Å². The van der Waals surface area contributed by atoms with Gasteiger partial charge in [-0.05, 0) is 13.8 Å². The van der Waals surface area contributed by atoms with Crippen molar-refractivity contribution in [1.29, 1.82) is 0 Å². The van der Waals surface area contributed by atoms with E-state index in [2.05, 4.69) is 4.98 Å². The highest BCUT2D eigenvalue weighted by Gasteiger charge is 2.40. The molecule has 0 atom stereocenters. The predicted octanol–water partition coefficient (Wildman–Crippen LogP) is 2.01. The minimum Gasteiger partial charge on any atom is -0.496 e. The van der Waals surface area contributed by atoms with Crippen LogP contribution in [0.25, 0.3) is 0 Å². The molecule has 21 heavy (non-hydrogen) atoms. The molecule has 5 heteroatoms. The summed E-state index contributed by atoms with van der Waals surface area (Å²) in [5.74, 6) is 0.862. The average molecular weight is 293 g/mol. The molecule has 2 rings (SSSR count). The first-order chi connectivity index (χ1) is 10.0. The minimum atomic E-state index is -0.732. The molecule has 1 aromatic heterocycles. The normalized spacial score (nSPS) is 17.5. The Labute approximate surface area is 125 Å². The van der Waals surface area contributed by atoms with Crippen LogP contribution in [0.1, 0.15) is 29.7 Å². The first kappa shape index (κ1) is 15.9. The Morgan fingerprint density at radius 2 is 2.00 bits per heavy atom. The van der Waals surface area contributed by atoms with Crippen LogP contribution in [0, 0.1) is 13.8 Å². The van der Waals surface area contributed by atoms with Gasteiger partial charge >= 0.3 is 0 Å². The van der Waals surface area contributed by atoms with E-state index in [4.69, 9.17) is 14.2 Å². The maximum atomic E-state index is 12.7. The smallest absolute Gasteiger partial charge is 0.170 e. The summed E-state index contributed by atoms with van der Waals surface area (Å²) in [5, 5.41) is 0. The molecule has 5 nitrogen and oxygen atoms in total. The van der Waals surface area contributed by atoms with Crippen LogP contribution in [0.3, 0.4) is 0 Å². The number of hydrogen-bond acceptors (Lipinski definition) is 5. The van der Waals surface area contributed by atoms with Gasteiger partial charge in [0, 0.05) is 50.5 Å². The van der Waals surface area contributed by atoms with Gasteiger partial charge in [0.2, 0.25) is 0 Å². The van der Waals surface area contributed by atoms with Crippen molar-refractivity contribution >= 4 is 5.78 Å². The zero-order valence-corrected chi connectivity index (χ0v) is 13.2. The minimum absolute atomic E-state index is 0.0646. The molecule has 0 saturated carbocycles. The number of carbonyl (C=O) groups excluding carboxylic acids is 1. The van der Waals surface area contributed by atoms with E-state index in [0.29, 0.717) is 26.1 Å². The number of aromatic nitrogens is 1. The third-order valence-electron chi connectivity index (χ3n) is 4.28. The zero-order valence-electron chi connectivity index (χ0n) is 13.2. The maximum absolute atomic E-state index is 12.7. The molecular weight excluding hydrogens is 270 g/mol. The lowest BCUT2D eigenvalue weighted by atomic mass is 9.86. The molecular formula is C16H23NO4. The van der Waals surface area contributed by atoms with Crippen molar-refractivity contribution in [3.8, 4) is 5.75 Å². The van der Waals surface area contributed by atoms with E-state index in [0.717, 1.165) is 22.6 Å². The number of nitrogens with zero attached hydrogens (tertiary/aromatic N) is 1. The molecule has 1 aromatic rings. The van der Waals surface area contributed by atoms with Gasteiger partial charge in [-0.3, -0.25) is 9.78 Å². The van der Waals surface area contributed by atoms with E-state index in [1.807, 2.05) is 13.8 Å². The number of methoxy groups -OCH3 is 2. The number of hydrogen-bond donors (Lipinski definition) is 0. The van der Waals surface area contributed by atoms with E-state index >= 15 is 0 Å². The van der Waals surface area contributed by atoms with Crippen LogP contribution in [-0.4, -0.2) is 43.8 Å². The lowest BCUT2D eigenvalue weighted by Crippen LogP contribution is -2.46. The van der Waals surface area contributed by atoms with Crippen LogP contribution in [0.4, 0.5) is 0 Å². The van der Waals surface area contributed by atoms with Crippen molar-refractivity contribution in [3.63, 3.8) is 0 Å². The van der Waals surface area contributed by atoms with Gasteiger partial charge in [0.15, 0.2) is 5.78 Å². The lowest BCUT2D eigenvalue weighted by molar-refractivity contribution is -0.152. The fourth-order valence-electron chi connectivity index (χ4n) is 2.86. The molecule has 0 aromatic carbocycles. The van der Waals surface area contributed by atoms with Crippen molar-refractivity contribution < 1.29 is 19.0 Å². The molecule has 1 saturated heterocycles. The van der Waals surface area contributed by atoms with Crippen LogP contribution < -0.4 is 4.74 Å².